The number of rotatable bonds is 1. The van der Waals surface area contributed by atoms with Gasteiger partial charge in [0.25, 0.3) is 0 Å². The molecule has 0 spiro atoms. The summed E-state index contributed by atoms with van der Waals surface area (Å²) in [6, 6.07) is 0.842. The van der Waals surface area contributed by atoms with Gasteiger partial charge in [-0.05, 0) is 0 Å². The van der Waals surface area contributed by atoms with Crippen LogP contribution in [0, 0.1) is 0 Å². The highest BCUT2D eigenvalue weighted by molar-refractivity contribution is 7.27. The Hall–Kier alpha value is 0.135. The molecule has 1 aromatic rings. The zero-order valence-electron chi connectivity index (χ0n) is 4.95. The van der Waals surface area contributed by atoms with E-state index in [1.54, 1.807) is 0 Å². The van der Waals surface area contributed by atoms with Crippen LogP contribution >= 0.6 is 34.5 Å². The monoisotopic (exact) mass is 219 g/mol. The molecule has 0 radical (unpaired) electrons. The Kier molecular flexibility index (Phi) is 2.42. The second-order valence-electron chi connectivity index (χ2n) is 1.85. The fourth-order valence-corrected chi connectivity index (χ4v) is 1.82. The average Bonchev–Trinajstić information content (AvgIpc) is 2.11. The summed E-state index contributed by atoms with van der Waals surface area (Å²) in [6.07, 6.45) is 0. The van der Waals surface area contributed by atoms with E-state index in [2.05, 4.69) is 0 Å². The normalized spacial score (nSPS) is 12.1. The van der Waals surface area contributed by atoms with Gasteiger partial charge in [-0.15, -0.1) is 0 Å². The summed E-state index contributed by atoms with van der Waals surface area (Å²) >= 11 is 11.1. The Labute approximate surface area is 75.0 Å². The van der Waals surface area contributed by atoms with E-state index in [9.17, 15) is 12.9 Å². The summed E-state index contributed by atoms with van der Waals surface area (Å²) in [4.78, 5) is 0. The molecule has 0 aliphatic rings. The summed E-state index contributed by atoms with van der Waals surface area (Å²) in [5, 5.41) is -0.0362. The minimum Gasteiger partial charge on any atom is -0.444 e. The van der Waals surface area contributed by atoms with Crippen LogP contribution in [0.4, 0.5) is 12.9 Å². The maximum Gasteiger partial charge on any atom is 0.519 e. The third-order valence-electron chi connectivity index (χ3n) is 0.987. The molecule has 1 heterocycles. The maximum atomic E-state index is 11.9. The van der Waals surface area contributed by atoms with Crippen LogP contribution in [-0.2, 0) is 0 Å². The van der Waals surface area contributed by atoms with E-state index in [0.29, 0.717) is 11.3 Å². The first-order chi connectivity index (χ1) is 4.91. The van der Waals surface area contributed by atoms with Crippen molar-refractivity contribution in [2.75, 3.05) is 0 Å². The SMILES string of the molecule is F[B-](F)(F)c1cc(Cl)c(Cl)s1. The summed E-state index contributed by atoms with van der Waals surface area (Å²) in [5.74, 6) is 0. The van der Waals surface area contributed by atoms with Crippen LogP contribution in [-0.4, -0.2) is 6.98 Å². The standard InChI is InChI=1S/C4HBCl2F3S/c6-2-1-3(5(8,9)10)11-4(2)7/h1H/q-1. The molecule has 0 unspecified atom stereocenters. The molecule has 0 aromatic carbocycles. The van der Waals surface area contributed by atoms with Crippen LogP contribution < -0.4 is 4.78 Å². The van der Waals surface area contributed by atoms with Crippen molar-refractivity contribution in [3.63, 3.8) is 0 Å². The van der Waals surface area contributed by atoms with Crippen LogP contribution in [0.2, 0.25) is 9.36 Å². The van der Waals surface area contributed by atoms with E-state index in [1.807, 2.05) is 0 Å². The van der Waals surface area contributed by atoms with Gasteiger partial charge in [0.2, 0.25) is 0 Å². The zero-order valence-corrected chi connectivity index (χ0v) is 7.28. The molecule has 0 amide bonds. The molecule has 0 fully saturated rings. The van der Waals surface area contributed by atoms with Crippen LogP contribution in [0.15, 0.2) is 6.07 Å². The first-order valence-corrected chi connectivity index (χ1v) is 4.13. The lowest BCUT2D eigenvalue weighted by atomic mass is 9.90. The highest BCUT2D eigenvalue weighted by Gasteiger charge is 2.28. The quantitative estimate of drug-likeness (QED) is 0.637. The van der Waals surface area contributed by atoms with E-state index >= 15 is 0 Å². The van der Waals surface area contributed by atoms with Crippen LogP contribution in [0.3, 0.4) is 0 Å². The lowest BCUT2D eigenvalue weighted by Crippen LogP contribution is -2.30. The highest BCUT2D eigenvalue weighted by atomic mass is 35.5. The number of thiophene rings is 1. The fourth-order valence-electron chi connectivity index (χ4n) is 0.525. The van der Waals surface area contributed by atoms with Gasteiger partial charge in [-0.3, -0.25) is 0 Å². The Morgan fingerprint density at radius 3 is 2.00 bits per heavy atom. The molecule has 11 heavy (non-hydrogen) atoms. The molecule has 1 aromatic heterocycles. The molecule has 0 aliphatic carbocycles. The van der Waals surface area contributed by atoms with Gasteiger partial charge in [0.15, 0.2) is 0 Å². The van der Waals surface area contributed by atoms with Gasteiger partial charge in [0.05, 0.1) is 5.02 Å². The summed E-state index contributed by atoms with van der Waals surface area (Å²) in [7, 11) is 0. The molecule has 1 rings (SSSR count). The van der Waals surface area contributed by atoms with Gasteiger partial charge >= 0.3 is 6.98 Å². The lowest BCUT2D eigenvalue weighted by Gasteiger charge is -2.09. The van der Waals surface area contributed by atoms with E-state index in [4.69, 9.17) is 23.2 Å². The van der Waals surface area contributed by atoms with Crippen LogP contribution in [0.25, 0.3) is 0 Å². The second kappa shape index (κ2) is 2.88. The third kappa shape index (κ3) is 2.04. The van der Waals surface area contributed by atoms with Crippen molar-refractivity contribution < 1.29 is 12.9 Å². The Balaban J connectivity index is 3.08. The zero-order chi connectivity index (χ0) is 8.65. The Morgan fingerprint density at radius 1 is 1.27 bits per heavy atom. The van der Waals surface area contributed by atoms with Crippen molar-refractivity contribution >= 4 is 46.3 Å². The van der Waals surface area contributed by atoms with E-state index < -0.39 is 11.8 Å². The van der Waals surface area contributed by atoms with Gasteiger partial charge in [-0.1, -0.05) is 34.0 Å². The van der Waals surface area contributed by atoms with Crippen LogP contribution in [0.5, 0.6) is 0 Å². The van der Waals surface area contributed by atoms with Crippen molar-refractivity contribution in [3.8, 4) is 0 Å². The average molecular weight is 220 g/mol. The molecule has 0 saturated heterocycles. The molecule has 0 atom stereocenters. The third-order valence-corrected chi connectivity index (χ3v) is 2.95. The van der Waals surface area contributed by atoms with Gasteiger partial charge < -0.3 is 12.9 Å². The summed E-state index contributed by atoms with van der Waals surface area (Å²) in [6.45, 7) is -4.95. The molecular formula is C4HBCl2F3S-. The van der Waals surface area contributed by atoms with E-state index in [-0.39, 0.29) is 9.36 Å². The maximum absolute atomic E-state index is 11.9. The predicted octanol–water partition coefficient (Wildman–Crippen LogP) is 3.11. The summed E-state index contributed by atoms with van der Waals surface area (Å²) < 4.78 is 35.1. The molecule has 62 valence electrons. The molecule has 0 aliphatic heterocycles. The van der Waals surface area contributed by atoms with Gasteiger partial charge in [-0.2, -0.15) is 11.3 Å². The smallest absolute Gasteiger partial charge is 0.444 e. The van der Waals surface area contributed by atoms with E-state index in [0.717, 1.165) is 6.07 Å². The van der Waals surface area contributed by atoms with Crippen molar-refractivity contribution in [2.24, 2.45) is 0 Å². The van der Waals surface area contributed by atoms with Gasteiger partial charge in [-0.25, -0.2) is 0 Å². The molecule has 7 heteroatoms. The number of hydrogen-bond acceptors (Lipinski definition) is 1. The lowest BCUT2D eigenvalue weighted by molar-refractivity contribution is 0.503. The molecule has 0 saturated carbocycles. The minimum atomic E-state index is -4.95. The van der Waals surface area contributed by atoms with Crippen LogP contribution in [0.1, 0.15) is 0 Å². The van der Waals surface area contributed by atoms with Crippen molar-refractivity contribution in [1.82, 2.24) is 0 Å². The highest BCUT2D eigenvalue weighted by Crippen LogP contribution is 2.28. The molecular weight excluding hydrogens is 219 g/mol. The number of hydrogen-bond donors (Lipinski definition) is 0. The van der Waals surface area contributed by atoms with Gasteiger partial charge in [0, 0.05) is 0 Å². The van der Waals surface area contributed by atoms with Crippen molar-refractivity contribution in [3.05, 3.63) is 15.4 Å². The first-order valence-electron chi connectivity index (χ1n) is 2.56. The number of halogens is 5. The Morgan fingerprint density at radius 2 is 1.82 bits per heavy atom. The first kappa shape index (κ1) is 9.22. The Bertz CT molecular complexity index is 249. The second-order valence-corrected chi connectivity index (χ2v) is 3.94. The summed E-state index contributed by atoms with van der Waals surface area (Å²) in [5.41, 5.74) is 0. The molecule has 0 bridgehead atoms. The molecule has 0 N–H and O–H groups in total. The van der Waals surface area contributed by atoms with Crippen molar-refractivity contribution in [2.45, 2.75) is 0 Å². The molecule has 0 nitrogen and oxygen atoms in total. The van der Waals surface area contributed by atoms with Crippen molar-refractivity contribution in [1.29, 1.82) is 0 Å². The van der Waals surface area contributed by atoms with E-state index in [1.165, 1.54) is 0 Å². The fraction of sp³-hybridized carbons (Fsp3) is 0. The van der Waals surface area contributed by atoms with Gasteiger partial charge in [0.1, 0.15) is 4.34 Å². The predicted molar refractivity (Wildman–Crippen MR) is 43.1 cm³/mol. The topological polar surface area (TPSA) is 0 Å². The largest absolute Gasteiger partial charge is 0.519 e. The minimum absolute atomic E-state index is 0.0131.